The molecule has 1 atom stereocenters. The van der Waals surface area contributed by atoms with Crippen molar-refractivity contribution in [3.63, 3.8) is 0 Å². The number of rotatable bonds is 8. The first-order valence-electron chi connectivity index (χ1n) is 9.23. The lowest BCUT2D eigenvalue weighted by Gasteiger charge is -2.26. The summed E-state index contributed by atoms with van der Waals surface area (Å²) in [6.07, 6.45) is 0.296. The highest BCUT2D eigenvalue weighted by Gasteiger charge is 2.14. The van der Waals surface area contributed by atoms with Gasteiger partial charge in [-0.25, -0.2) is 0 Å². The Morgan fingerprint density at radius 3 is 1.96 bits per heavy atom. The van der Waals surface area contributed by atoms with Gasteiger partial charge in [0.15, 0.2) is 0 Å². The minimum atomic E-state index is -0.384. The molecule has 0 aromatic heterocycles. The van der Waals surface area contributed by atoms with Crippen LogP contribution >= 0.6 is 0 Å². The highest BCUT2D eigenvalue weighted by atomic mass is 16.3. The fourth-order valence-electron chi connectivity index (χ4n) is 3.30. The van der Waals surface area contributed by atoms with Gasteiger partial charge in [0.2, 0.25) is 0 Å². The molecule has 0 aliphatic carbocycles. The zero-order valence-electron chi connectivity index (χ0n) is 15.4. The van der Waals surface area contributed by atoms with Crippen LogP contribution in [-0.4, -0.2) is 22.7 Å². The number of aliphatic hydroxyl groups excluding tert-OH is 1. The van der Waals surface area contributed by atoms with E-state index in [0.29, 0.717) is 13.0 Å². The van der Waals surface area contributed by atoms with Gasteiger partial charge in [0.05, 0.1) is 6.10 Å². The van der Waals surface area contributed by atoms with Crippen LogP contribution in [-0.2, 0) is 19.5 Å². The minimum absolute atomic E-state index is 0.384. The summed E-state index contributed by atoms with van der Waals surface area (Å²) in [6, 6.07) is 29.2. The number of hydrogen-bond donors (Lipinski definition) is 1. The van der Waals surface area contributed by atoms with E-state index in [2.05, 4.69) is 72.5 Å². The fourth-order valence-corrected chi connectivity index (χ4v) is 3.30. The van der Waals surface area contributed by atoms with E-state index < -0.39 is 0 Å². The fraction of sp³-hybridized carbons (Fsp3) is 0.250. The molecule has 0 fully saturated rings. The lowest BCUT2D eigenvalue weighted by molar-refractivity contribution is 0.104. The Hall–Kier alpha value is -2.42. The summed E-state index contributed by atoms with van der Waals surface area (Å²) in [6.45, 7) is 4.48. The molecule has 2 heteroatoms. The molecule has 0 heterocycles. The molecule has 2 nitrogen and oxygen atoms in total. The summed E-state index contributed by atoms with van der Waals surface area (Å²) < 4.78 is 0. The maximum absolute atomic E-state index is 10.7. The average molecular weight is 345 g/mol. The third kappa shape index (κ3) is 5.55. The van der Waals surface area contributed by atoms with Crippen LogP contribution in [0.5, 0.6) is 0 Å². The van der Waals surface area contributed by atoms with Crippen LogP contribution in [0.4, 0.5) is 0 Å². The molecule has 0 spiro atoms. The largest absolute Gasteiger partial charge is 0.391 e. The van der Waals surface area contributed by atoms with Crippen molar-refractivity contribution in [2.45, 2.75) is 32.5 Å². The van der Waals surface area contributed by atoms with Crippen LogP contribution in [0.2, 0.25) is 0 Å². The highest BCUT2D eigenvalue weighted by Crippen LogP contribution is 2.15. The Balaban J connectivity index is 1.70. The monoisotopic (exact) mass is 345 g/mol. The highest BCUT2D eigenvalue weighted by molar-refractivity contribution is 5.26. The number of benzene rings is 3. The number of hydrogen-bond acceptors (Lipinski definition) is 2. The molecule has 134 valence electrons. The number of aryl methyl sites for hydroxylation is 1. The van der Waals surface area contributed by atoms with Crippen LogP contribution in [0, 0.1) is 6.92 Å². The standard InChI is InChI=1S/C24H27NO/c1-20-10-8-9-15-23(20)18-25(17-22-13-6-3-7-14-22)19-24(26)16-21-11-4-2-5-12-21/h2-15,24,26H,16-19H2,1H3/t24-/m0/s1. The van der Waals surface area contributed by atoms with Gasteiger partial charge in [-0.2, -0.15) is 0 Å². The topological polar surface area (TPSA) is 23.5 Å². The molecule has 0 saturated heterocycles. The molecule has 3 aromatic carbocycles. The normalized spacial score (nSPS) is 12.3. The molecule has 0 saturated carbocycles. The summed E-state index contributed by atoms with van der Waals surface area (Å²) >= 11 is 0. The Morgan fingerprint density at radius 2 is 1.31 bits per heavy atom. The van der Waals surface area contributed by atoms with Gasteiger partial charge in [0.25, 0.3) is 0 Å². The van der Waals surface area contributed by atoms with E-state index >= 15 is 0 Å². The second-order valence-corrected chi connectivity index (χ2v) is 6.93. The van der Waals surface area contributed by atoms with Crippen LogP contribution in [0.15, 0.2) is 84.9 Å². The molecule has 0 radical (unpaired) electrons. The maximum atomic E-state index is 10.7. The number of aliphatic hydroxyl groups is 1. The predicted molar refractivity (Wildman–Crippen MR) is 108 cm³/mol. The molecule has 0 bridgehead atoms. The molecule has 0 aliphatic heterocycles. The first-order chi connectivity index (χ1) is 12.7. The Labute approximate surface area is 156 Å². The SMILES string of the molecule is Cc1ccccc1CN(Cc1ccccc1)C[C@@H](O)Cc1ccccc1. The zero-order chi connectivity index (χ0) is 18.2. The molecule has 0 aliphatic rings. The van der Waals surface area contributed by atoms with Crippen LogP contribution in [0.3, 0.4) is 0 Å². The summed E-state index contributed by atoms with van der Waals surface area (Å²) in [5.74, 6) is 0. The molecule has 0 amide bonds. The van der Waals surface area contributed by atoms with E-state index in [-0.39, 0.29) is 6.10 Å². The Bertz CT molecular complexity index is 786. The molecule has 3 rings (SSSR count). The first-order valence-corrected chi connectivity index (χ1v) is 9.23. The van der Waals surface area contributed by atoms with Gasteiger partial charge in [-0.3, -0.25) is 4.90 Å². The zero-order valence-corrected chi connectivity index (χ0v) is 15.4. The van der Waals surface area contributed by atoms with Gasteiger partial charge < -0.3 is 5.11 Å². The second kappa shape index (κ2) is 9.33. The molecule has 1 N–H and O–H groups in total. The van der Waals surface area contributed by atoms with E-state index in [1.54, 1.807) is 0 Å². The van der Waals surface area contributed by atoms with Gasteiger partial charge >= 0.3 is 0 Å². The van der Waals surface area contributed by atoms with Crippen molar-refractivity contribution in [1.82, 2.24) is 4.90 Å². The molecule has 26 heavy (non-hydrogen) atoms. The molecule has 3 aromatic rings. The first kappa shape index (κ1) is 18.4. The quantitative estimate of drug-likeness (QED) is 0.645. The third-order valence-electron chi connectivity index (χ3n) is 4.69. The Kier molecular flexibility index (Phi) is 6.59. The second-order valence-electron chi connectivity index (χ2n) is 6.93. The molecule has 0 unspecified atom stereocenters. The minimum Gasteiger partial charge on any atom is -0.391 e. The van der Waals surface area contributed by atoms with Crippen molar-refractivity contribution in [3.8, 4) is 0 Å². The molecular weight excluding hydrogens is 318 g/mol. The lowest BCUT2D eigenvalue weighted by atomic mass is 10.1. The van der Waals surface area contributed by atoms with E-state index in [0.717, 1.165) is 13.1 Å². The number of nitrogens with zero attached hydrogens (tertiary/aromatic N) is 1. The van der Waals surface area contributed by atoms with Crippen molar-refractivity contribution < 1.29 is 5.11 Å². The smallest absolute Gasteiger partial charge is 0.0707 e. The summed E-state index contributed by atoms with van der Waals surface area (Å²) in [5, 5.41) is 10.7. The van der Waals surface area contributed by atoms with Gasteiger partial charge in [-0.05, 0) is 35.6 Å². The predicted octanol–water partition coefficient (Wildman–Crippen LogP) is 4.60. The summed E-state index contributed by atoms with van der Waals surface area (Å²) in [4.78, 5) is 2.34. The van der Waals surface area contributed by atoms with Crippen molar-refractivity contribution >= 4 is 0 Å². The average Bonchev–Trinajstić information content (AvgIpc) is 2.65. The van der Waals surface area contributed by atoms with Crippen molar-refractivity contribution in [2.24, 2.45) is 0 Å². The van der Waals surface area contributed by atoms with Crippen molar-refractivity contribution in [1.29, 1.82) is 0 Å². The molecular formula is C24H27NO. The van der Waals surface area contributed by atoms with Gasteiger partial charge in [-0.1, -0.05) is 84.9 Å². The maximum Gasteiger partial charge on any atom is 0.0707 e. The van der Waals surface area contributed by atoms with Crippen LogP contribution < -0.4 is 0 Å². The van der Waals surface area contributed by atoms with Crippen LogP contribution in [0.1, 0.15) is 22.3 Å². The van der Waals surface area contributed by atoms with Gasteiger partial charge in [0, 0.05) is 19.6 Å². The van der Waals surface area contributed by atoms with E-state index in [4.69, 9.17) is 0 Å². The van der Waals surface area contributed by atoms with Gasteiger partial charge in [0.1, 0.15) is 0 Å². The summed E-state index contributed by atoms with van der Waals surface area (Å²) in [7, 11) is 0. The van der Waals surface area contributed by atoms with E-state index in [1.807, 2.05) is 24.3 Å². The van der Waals surface area contributed by atoms with Crippen molar-refractivity contribution in [2.75, 3.05) is 6.54 Å². The van der Waals surface area contributed by atoms with Crippen LogP contribution in [0.25, 0.3) is 0 Å². The third-order valence-corrected chi connectivity index (χ3v) is 4.69. The Morgan fingerprint density at radius 1 is 0.731 bits per heavy atom. The van der Waals surface area contributed by atoms with Gasteiger partial charge in [-0.15, -0.1) is 0 Å². The van der Waals surface area contributed by atoms with E-state index in [1.165, 1.54) is 22.3 Å². The van der Waals surface area contributed by atoms with Crippen molar-refractivity contribution in [3.05, 3.63) is 107 Å². The summed E-state index contributed by atoms with van der Waals surface area (Å²) in [5.41, 5.74) is 5.06. The van der Waals surface area contributed by atoms with E-state index in [9.17, 15) is 5.11 Å². The lowest BCUT2D eigenvalue weighted by Crippen LogP contribution is -2.33.